The summed E-state index contributed by atoms with van der Waals surface area (Å²) in [6.45, 7) is 13.8. The largest absolute Gasteiger partial charge is 0.371 e. The van der Waals surface area contributed by atoms with E-state index in [0.717, 1.165) is 39.1 Å². The van der Waals surface area contributed by atoms with E-state index >= 15 is 0 Å². The van der Waals surface area contributed by atoms with Crippen LogP contribution in [0.5, 0.6) is 0 Å². The molecule has 1 atom stereocenters. The summed E-state index contributed by atoms with van der Waals surface area (Å²) < 4.78 is 0. The molecule has 0 aromatic rings. The average molecular weight is 263 g/mol. The predicted molar refractivity (Wildman–Crippen MR) is 84.8 cm³/mol. The quantitative estimate of drug-likeness (QED) is 0.682. The Balaban J connectivity index is 2.61. The SMILES string of the molecule is CCNCCN(CC)C1=CCN=C(C(C)CC)C=C1. The van der Waals surface area contributed by atoms with Crippen molar-refractivity contribution in [2.24, 2.45) is 10.9 Å². The Bertz CT molecular complexity index is 342. The van der Waals surface area contributed by atoms with Gasteiger partial charge in [-0.25, -0.2) is 0 Å². The Hall–Kier alpha value is -1.09. The molecule has 0 radical (unpaired) electrons. The van der Waals surface area contributed by atoms with E-state index in [-0.39, 0.29) is 0 Å². The van der Waals surface area contributed by atoms with Gasteiger partial charge in [-0.3, -0.25) is 4.99 Å². The molecule has 19 heavy (non-hydrogen) atoms. The van der Waals surface area contributed by atoms with Crippen molar-refractivity contribution in [2.75, 3.05) is 32.7 Å². The van der Waals surface area contributed by atoms with Crippen molar-refractivity contribution in [3.63, 3.8) is 0 Å². The first-order valence-corrected chi connectivity index (χ1v) is 7.61. The van der Waals surface area contributed by atoms with Gasteiger partial charge in [-0.2, -0.15) is 0 Å². The summed E-state index contributed by atoms with van der Waals surface area (Å²) in [7, 11) is 0. The summed E-state index contributed by atoms with van der Waals surface area (Å²) >= 11 is 0. The maximum Gasteiger partial charge on any atom is 0.0596 e. The maximum atomic E-state index is 4.67. The maximum absolute atomic E-state index is 4.67. The molecule has 1 heterocycles. The van der Waals surface area contributed by atoms with Crippen molar-refractivity contribution in [3.8, 4) is 0 Å². The smallest absolute Gasteiger partial charge is 0.0596 e. The molecule has 0 aromatic heterocycles. The summed E-state index contributed by atoms with van der Waals surface area (Å²) in [6.07, 6.45) is 7.81. The average Bonchev–Trinajstić information content (AvgIpc) is 2.69. The molecule has 0 fully saturated rings. The Morgan fingerprint density at radius 3 is 2.74 bits per heavy atom. The van der Waals surface area contributed by atoms with Crippen LogP contribution in [0, 0.1) is 5.92 Å². The van der Waals surface area contributed by atoms with Gasteiger partial charge in [0, 0.05) is 31.0 Å². The first kappa shape index (κ1) is 16.0. The van der Waals surface area contributed by atoms with Crippen LogP contribution in [0.2, 0.25) is 0 Å². The van der Waals surface area contributed by atoms with E-state index in [1.807, 2.05) is 0 Å². The highest BCUT2D eigenvalue weighted by atomic mass is 15.1. The van der Waals surface area contributed by atoms with Gasteiger partial charge in [-0.15, -0.1) is 0 Å². The summed E-state index contributed by atoms with van der Waals surface area (Å²) in [5.74, 6) is 0.556. The van der Waals surface area contributed by atoms with Crippen LogP contribution in [0.1, 0.15) is 34.1 Å². The molecule has 1 aliphatic heterocycles. The van der Waals surface area contributed by atoms with E-state index in [1.165, 1.54) is 11.4 Å². The minimum atomic E-state index is 0.556. The molecule has 0 aliphatic carbocycles. The van der Waals surface area contributed by atoms with E-state index in [1.54, 1.807) is 0 Å². The Morgan fingerprint density at radius 1 is 1.32 bits per heavy atom. The van der Waals surface area contributed by atoms with Gasteiger partial charge in [0.2, 0.25) is 0 Å². The van der Waals surface area contributed by atoms with Crippen LogP contribution in [0.3, 0.4) is 0 Å². The standard InChI is InChI=1S/C16H29N3/c1-5-14(4)16-9-8-15(10-11-18-16)19(7-3)13-12-17-6-2/h8-10,14,17H,5-7,11-13H2,1-4H3. The van der Waals surface area contributed by atoms with Gasteiger partial charge in [-0.05, 0) is 44.0 Å². The zero-order valence-corrected chi connectivity index (χ0v) is 12.9. The predicted octanol–water partition coefficient (Wildman–Crippen LogP) is 2.86. The monoisotopic (exact) mass is 263 g/mol. The van der Waals surface area contributed by atoms with Crippen molar-refractivity contribution >= 4 is 5.71 Å². The molecule has 0 bridgehead atoms. The van der Waals surface area contributed by atoms with Crippen LogP contribution >= 0.6 is 0 Å². The summed E-state index contributed by atoms with van der Waals surface area (Å²) in [6, 6.07) is 0. The lowest BCUT2D eigenvalue weighted by Crippen LogP contribution is -2.31. The molecule has 3 heteroatoms. The van der Waals surface area contributed by atoms with Crippen molar-refractivity contribution in [1.29, 1.82) is 0 Å². The number of hydrogen-bond donors (Lipinski definition) is 1. The zero-order chi connectivity index (χ0) is 14.1. The lowest BCUT2D eigenvalue weighted by Gasteiger charge is -2.24. The summed E-state index contributed by atoms with van der Waals surface area (Å²) in [5, 5.41) is 3.38. The lowest BCUT2D eigenvalue weighted by molar-refractivity contribution is 0.369. The highest BCUT2D eigenvalue weighted by molar-refractivity contribution is 5.97. The fourth-order valence-electron chi connectivity index (χ4n) is 2.16. The van der Waals surface area contributed by atoms with Crippen LogP contribution in [0.25, 0.3) is 0 Å². The Morgan fingerprint density at radius 2 is 2.11 bits per heavy atom. The molecular weight excluding hydrogens is 234 g/mol. The van der Waals surface area contributed by atoms with Crippen molar-refractivity contribution < 1.29 is 0 Å². The van der Waals surface area contributed by atoms with Crippen molar-refractivity contribution in [2.45, 2.75) is 34.1 Å². The van der Waals surface area contributed by atoms with Crippen LogP contribution in [0.4, 0.5) is 0 Å². The third-order valence-corrected chi connectivity index (χ3v) is 3.67. The van der Waals surface area contributed by atoms with Crippen molar-refractivity contribution in [3.05, 3.63) is 23.9 Å². The van der Waals surface area contributed by atoms with Crippen LogP contribution in [-0.4, -0.2) is 43.3 Å². The highest BCUT2D eigenvalue weighted by Gasteiger charge is 2.10. The topological polar surface area (TPSA) is 27.6 Å². The highest BCUT2D eigenvalue weighted by Crippen LogP contribution is 2.13. The van der Waals surface area contributed by atoms with Gasteiger partial charge >= 0.3 is 0 Å². The van der Waals surface area contributed by atoms with Crippen LogP contribution < -0.4 is 5.32 Å². The van der Waals surface area contributed by atoms with Gasteiger partial charge in [-0.1, -0.05) is 20.8 Å². The first-order valence-electron chi connectivity index (χ1n) is 7.61. The van der Waals surface area contributed by atoms with E-state index in [4.69, 9.17) is 0 Å². The molecule has 0 spiro atoms. The number of allylic oxidation sites excluding steroid dienone is 2. The molecule has 3 nitrogen and oxygen atoms in total. The minimum Gasteiger partial charge on any atom is -0.371 e. The van der Waals surface area contributed by atoms with E-state index < -0.39 is 0 Å². The normalized spacial score (nSPS) is 16.6. The van der Waals surface area contributed by atoms with Gasteiger partial charge in [0.15, 0.2) is 0 Å². The second kappa shape index (κ2) is 8.92. The second-order valence-electron chi connectivity index (χ2n) is 4.97. The third kappa shape index (κ3) is 5.19. The molecule has 108 valence electrons. The summed E-state index contributed by atoms with van der Waals surface area (Å²) in [5.41, 5.74) is 2.54. The molecule has 0 amide bonds. The zero-order valence-electron chi connectivity index (χ0n) is 12.9. The summed E-state index contributed by atoms with van der Waals surface area (Å²) in [4.78, 5) is 7.08. The second-order valence-corrected chi connectivity index (χ2v) is 4.97. The number of likely N-dealkylation sites (N-methyl/N-ethyl adjacent to an activating group) is 2. The lowest BCUT2D eigenvalue weighted by atomic mass is 10.0. The van der Waals surface area contributed by atoms with Crippen molar-refractivity contribution in [1.82, 2.24) is 10.2 Å². The Kier molecular flexibility index (Phi) is 7.49. The number of nitrogens with one attached hydrogen (secondary N) is 1. The van der Waals surface area contributed by atoms with E-state index in [0.29, 0.717) is 5.92 Å². The van der Waals surface area contributed by atoms with Crippen LogP contribution in [-0.2, 0) is 0 Å². The van der Waals surface area contributed by atoms with Gasteiger partial charge in [0.25, 0.3) is 0 Å². The minimum absolute atomic E-state index is 0.556. The molecule has 1 aliphatic rings. The number of aliphatic imine (C=N–C) groups is 1. The van der Waals surface area contributed by atoms with E-state index in [9.17, 15) is 0 Å². The number of rotatable bonds is 8. The van der Waals surface area contributed by atoms with Gasteiger partial charge < -0.3 is 10.2 Å². The third-order valence-electron chi connectivity index (χ3n) is 3.67. The Labute approximate surface area is 118 Å². The first-order chi connectivity index (χ1) is 9.22. The fourth-order valence-corrected chi connectivity index (χ4v) is 2.16. The molecule has 0 saturated carbocycles. The van der Waals surface area contributed by atoms with Gasteiger partial charge in [0.1, 0.15) is 0 Å². The molecule has 0 saturated heterocycles. The van der Waals surface area contributed by atoms with Crippen LogP contribution in [0.15, 0.2) is 28.9 Å². The van der Waals surface area contributed by atoms with Gasteiger partial charge in [0.05, 0.1) is 6.54 Å². The molecule has 1 N–H and O–H groups in total. The molecule has 1 unspecified atom stereocenters. The molecule has 1 rings (SSSR count). The van der Waals surface area contributed by atoms with E-state index in [2.05, 4.69) is 61.1 Å². The fraction of sp³-hybridized carbons (Fsp3) is 0.688. The molecular formula is C16H29N3. The number of nitrogens with zero attached hydrogens (tertiary/aromatic N) is 2. The molecule has 0 aromatic carbocycles. The number of hydrogen-bond acceptors (Lipinski definition) is 3.